The van der Waals surface area contributed by atoms with Gasteiger partial charge in [0.2, 0.25) is 5.91 Å². The van der Waals surface area contributed by atoms with Crippen molar-refractivity contribution in [2.24, 2.45) is 17.3 Å². The van der Waals surface area contributed by atoms with Crippen LogP contribution in [0.15, 0.2) is 11.6 Å². The number of rotatable bonds is 4. The lowest BCUT2D eigenvalue weighted by Gasteiger charge is -2.58. The Balaban J connectivity index is 2.00. The molecule has 2 bridgehead atoms. The highest BCUT2D eigenvalue weighted by Gasteiger charge is 2.55. The van der Waals surface area contributed by atoms with Crippen LogP contribution in [0, 0.1) is 17.3 Å². The van der Waals surface area contributed by atoms with E-state index in [1.54, 1.807) is 6.92 Å². The lowest BCUT2D eigenvalue weighted by Crippen LogP contribution is -2.55. The number of amides is 1. The van der Waals surface area contributed by atoms with E-state index < -0.39 is 18.1 Å². The molecule has 0 aromatic carbocycles. The van der Waals surface area contributed by atoms with Gasteiger partial charge in [-0.25, -0.2) is 4.79 Å². The monoisotopic (exact) mass is 295 g/mol. The van der Waals surface area contributed by atoms with Crippen LogP contribution < -0.4 is 5.32 Å². The van der Waals surface area contributed by atoms with E-state index in [9.17, 15) is 14.7 Å². The summed E-state index contributed by atoms with van der Waals surface area (Å²) >= 11 is 0. The average molecular weight is 295 g/mol. The Bertz CT molecular complexity index is 483. The van der Waals surface area contributed by atoms with Crippen LogP contribution in [0.5, 0.6) is 0 Å². The molecule has 5 nitrogen and oxygen atoms in total. The molecule has 0 aromatic rings. The second kappa shape index (κ2) is 5.44. The second-order valence-electron chi connectivity index (χ2n) is 6.96. The topological polar surface area (TPSA) is 75.6 Å². The van der Waals surface area contributed by atoms with Crippen LogP contribution >= 0.6 is 0 Å². The summed E-state index contributed by atoms with van der Waals surface area (Å²) in [6.07, 6.45) is 1.41. The molecule has 0 heterocycles. The first-order chi connectivity index (χ1) is 9.64. The van der Waals surface area contributed by atoms with Gasteiger partial charge in [-0.05, 0) is 37.7 Å². The minimum Gasteiger partial charge on any atom is -0.456 e. The summed E-state index contributed by atoms with van der Waals surface area (Å²) in [5.41, 5.74) is 1.39. The third kappa shape index (κ3) is 2.84. The molecule has 0 aromatic heterocycles. The maximum Gasteiger partial charge on any atom is 0.337 e. The van der Waals surface area contributed by atoms with Crippen LogP contribution in [-0.2, 0) is 14.3 Å². The number of fused-ring (bicyclic) bond motifs is 1. The van der Waals surface area contributed by atoms with Crippen molar-refractivity contribution in [2.45, 2.75) is 59.3 Å². The molecule has 118 valence electrons. The maximum absolute atomic E-state index is 12.1. The van der Waals surface area contributed by atoms with Gasteiger partial charge in [-0.15, -0.1) is 0 Å². The van der Waals surface area contributed by atoms with E-state index in [0.29, 0.717) is 11.8 Å². The summed E-state index contributed by atoms with van der Waals surface area (Å²) in [6.45, 7) is 9.38. The van der Waals surface area contributed by atoms with Crippen molar-refractivity contribution in [1.29, 1.82) is 0 Å². The van der Waals surface area contributed by atoms with Gasteiger partial charge in [0.05, 0.1) is 6.04 Å². The Morgan fingerprint density at radius 3 is 2.57 bits per heavy atom. The number of ether oxygens (including phenoxy) is 1. The van der Waals surface area contributed by atoms with Crippen LogP contribution in [-0.4, -0.2) is 35.2 Å². The fourth-order valence-corrected chi connectivity index (χ4v) is 3.70. The molecule has 3 unspecified atom stereocenters. The zero-order valence-corrected chi connectivity index (χ0v) is 13.3. The number of hydrogen-bond donors (Lipinski definition) is 2. The molecule has 3 aliphatic rings. The molecule has 0 spiro atoms. The summed E-state index contributed by atoms with van der Waals surface area (Å²) in [5.74, 6) is -0.0868. The molecule has 0 saturated heterocycles. The molecule has 0 radical (unpaired) electrons. The number of esters is 1. The first-order valence-electron chi connectivity index (χ1n) is 7.48. The third-order valence-corrected chi connectivity index (χ3v) is 5.12. The normalized spacial score (nSPS) is 32.3. The quantitative estimate of drug-likeness (QED) is 0.607. The highest BCUT2D eigenvalue weighted by molar-refractivity contribution is 5.78. The highest BCUT2D eigenvalue weighted by Crippen LogP contribution is 2.59. The van der Waals surface area contributed by atoms with Gasteiger partial charge in [0.1, 0.15) is 6.10 Å². The number of aliphatic hydroxyl groups is 1. The Morgan fingerprint density at radius 2 is 2.10 bits per heavy atom. The van der Waals surface area contributed by atoms with Gasteiger partial charge in [-0.3, -0.25) is 4.79 Å². The predicted molar refractivity (Wildman–Crippen MR) is 78.3 cm³/mol. The van der Waals surface area contributed by atoms with Gasteiger partial charge in [-0.2, -0.15) is 0 Å². The molecule has 3 aliphatic carbocycles. The standard InChI is InChI=1S/C16H25NO4/c1-8-6-13(12-7-11(8)16(12,4)5)21-15(20)14(19)9(2)17-10(3)18/h6,9,11-14,19H,7H2,1-5H3,(H,17,18)/t9-,11?,12?,13?,14+/m0/s1. The summed E-state index contributed by atoms with van der Waals surface area (Å²) in [7, 11) is 0. The Labute approximate surface area is 125 Å². The van der Waals surface area contributed by atoms with Gasteiger partial charge < -0.3 is 15.2 Å². The third-order valence-electron chi connectivity index (χ3n) is 5.12. The number of hydrogen-bond acceptors (Lipinski definition) is 4. The first kappa shape index (κ1) is 16.0. The fourth-order valence-electron chi connectivity index (χ4n) is 3.70. The zero-order chi connectivity index (χ0) is 15.9. The van der Waals surface area contributed by atoms with Crippen molar-refractivity contribution in [2.75, 3.05) is 0 Å². The van der Waals surface area contributed by atoms with E-state index >= 15 is 0 Å². The SMILES string of the molecule is CC(=O)N[C@@H](C)[C@@H](O)C(=O)OC1C=C(C)C2CC1C2(C)C. The van der Waals surface area contributed by atoms with E-state index in [1.165, 1.54) is 12.5 Å². The van der Waals surface area contributed by atoms with E-state index in [2.05, 4.69) is 26.1 Å². The molecule has 1 saturated carbocycles. The van der Waals surface area contributed by atoms with Gasteiger partial charge in [0, 0.05) is 12.8 Å². The van der Waals surface area contributed by atoms with E-state index in [4.69, 9.17) is 4.74 Å². The summed E-state index contributed by atoms with van der Waals surface area (Å²) < 4.78 is 5.50. The van der Waals surface area contributed by atoms with Crippen molar-refractivity contribution in [1.82, 2.24) is 5.32 Å². The average Bonchev–Trinajstić information content (AvgIpc) is 2.35. The lowest BCUT2D eigenvalue weighted by molar-refractivity contribution is -0.171. The van der Waals surface area contributed by atoms with Crippen molar-refractivity contribution < 1.29 is 19.4 Å². The molecular formula is C16H25NO4. The van der Waals surface area contributed by atoms with Crippen molar-refractivity contribution in [3.8, 4) is 0 Å². The fraction of sp³-hybridized carbons (Fsp3) is 0.750. The van der Waals surface area contributed by atoms with Crippen molar-refractivity contribution in [3.05, 3.63) is 11.6 Å². The Kier molecular flexibility index (Phi) is 4.15. The number of carbonyl (C=O) groups excluding carboxylic acids is 2. The molecule has 2 N–H and O–H groups in total. The minimum absolute atomic E-state index is 0.137. The number of aliphatic hydroxyl groups excluding tert-OH is 1. The summed E-state index contributed by atoms with van der Waals surface area (Å²) in [4.78, 5) is 23.0. The Hall–Kier alpha value is -1.36. The van der Waals surface area contributed by atoms with Gasteiger partial charge in [-0.1, -0.05) is 19.4 Å². The van der Waals surface area contributed by atoms with E-state index in [-0.39, 0.29) is 17.4 Å². The second-order valence-corrected chi connectivity index (χ2v) is 6.96. The van der Waals surface area contributed by atoms with Crippen molar-refractivity contribution >= 4 is 11.9 Å². The molecule has 1 amide bonds. The van der Waals surface area contributed by atoms with Crippen molar-refractivity contribution in [3.63, 3.8) is 0 Å². The first-order valence-corrected chi connectivity index (χ1v) is 7.48. The maximum atomic E-state index is 12.1. The zero-order valence-electron chi connectivity index (χ0n) is 13.3. The van der Waals surface area contributed by atoms with Crippen LogP contribution in [0.1, 0.15) is 41.0 Å². The summed E-state index contributed by atoms with van der Waals surface area (Å²) in [5, 5.41) is 12.5. The van der Waals surface area contributed by atoms with Crippen LogP contribution in [0.25, 0.3) is 0 Å². The molecule has 21 heavy (non-hydrogen) atoms. The molecule has 3 rings (SSSR count). The predicted octanol–water partition coefficient (Wildman–Crippen LogP) is 1.41. The molecule has 5 heteroatoms. The van der Waals surface area contributed by atoms with Crippen LogP contribution in [0.3, 0.4) is 0 Å². The lowest BCUT2D eigenvalue weighted by atomic mass is 9.48. The number of allylic oxidation sites excluding steroid dienone is 1. The number of carbonyl (C=O) groups is 2. The van der Waals surface area contributed by atoms with Gasteiger partial charge in [0.25, 0.3) is 0 Å². The van der Waals surface area contributed by atoms with E-state index in [1.807, 2.05) is 6.08 Å². The van der Waals surface area contributed by atoms with Crippen LogP contribution in [0.2, 0.25) is 0 Å². The smallest absolute Gasteiger partial charge is 0.337 e. The van der Waals surface area contributed by atoms with Crippen LogP contribution in [0.4, 0.5) is 0 Å². The molecule has 5 atom stereocenters. The minimum atomic E-state index is -1.34. The largest absolute Gasteiger partial charge is 0.456 e. The number of nitrogens with one attached hydrogen (secondary N) is 1. The van der Waals surface area contributed by atoms with E-state index in [0.717, 1.165) is 6.42 Å². The molecular weight excluding hydrogens is 270 g/mol. The molecule has 0 aliphatic heterocycles. The Morgan fingerprint density at radius 1 is 1.48 bits per heavy atom. The highest BCUT2D eigenvalue weighted by atomic mass is 16.6. The van der Waals surface area contributed by atoms with Gasteiger partial charge in [0.15, 0.2) is 6.10 Å². The van der Waals surface area contributed by atoms with Gasteiger partial charge >= 0.3 is 5.97 Å². The molecule has 1 fully saturated rings. The summed E-state index contributed by atoms with van der Waals surface area (Å²) in [6, 6.07) is -0.661.